The van der Waals surface area contributed by atoms with E-state index in [1.54, 1.807) is 76.4 Å². The predicted molar refractivity (Wildman–Crippen MR) is 438 cm³/mol. The highest BCUT2D eigenvalue weighted by molar-refractivity contribution is 6.21. The third kappa shape index (κ3) is 69.7. The molecule has 2 aromatic rings. The van der Waals surface area contributed by atoms with E-state index in [4.69, 9.17) is 142 Å². The molecule has 37 heteroatoms. The molecule has 0 aromatic heterocycles. The van der Waals surface area contributed by atoms with E-state index in [9.17, 15) is 24.0 Å². The monoisotopic (exact) mass is 1740 g/mol. The van der Waals surface area contributed by atoms with Crippen molar-refractivity contribution in [1.82, 2.24) is 10.2 Å². The minimum Gasteiger partial charge on any atom is -0.482 e. The number of hydrogen-bond acceptors (Lipinski definition) is 35. The largest absolute Gasteiger partial charge is 0.482 e. The van der Waals surface area contributed by atoms with Gasteiger partial charge in [-0.25, -0.2) is 4.79 Å². The van der Waals surface area contributed by atoms with E-state index in [1.807, 2.05) is 0 Å². The summed E-state index contributed by atoms with van der Waals surface area (Å²) in [4.78, 5) is 65.0. The second-order valence-electron chi connectivity index (χ2n) is 27.0. The molecule has 1 aliphatic heterocycles. The number of methoxy groups -OCH3 is 1. The summed E-state index contributed by atoms with van der Waals surface area (Å²) in [6.07, 6.45) is 0.876. The van der Waals surface area contributed by atoms with Crippen molar-refractivity contribution in [2.45, 2.75) is 58.1 Å². The summed E-state index contributed by atoms with van der Waals surface area (Å²) in [5.74, 6) is -1.18. The first-order chi connectivity index (χ1) is 59.5. The van der Waals surface area contributed by atoms with Crippen molar-refractivity contribution in [2.24, 2.45) is 0 Å². The van der Waals surface area contributed by atoms with E-state index in [0.717, 1.165) is 5.56 Å². The molecule has 0 unspecified atom stereocenters. The summed E-state index contributed by atoms with van der Waals surface area (Å²) in [5, 5.41) is 2.89. The molecule has 0 saturated heterocycles. The molecule has 1 N–H and O–H groups in total. The Labute approximate surface area is 715 Å². The summed E-state index contributed by atoms with van der Waals surface area (Å²) < 4.78 is 165. The van der Waals surface area contributed by atoms with E-state index in [2.05, 4.69) is 5.32 Å². The number of rotatable bonds is 95. The quantitative estimate of drug-likeness (QED) is 0.0562. The molecule has 0 radical (unpaired) electrons. The van der Waals surface area contributed by atoms with Crippen LogP contribution in [0.2, 0.25) is 0 Å². The number of amides is 3. The Morgan fingerprint density at radius 3 is 0.826 bits per heavy atom. The molecule has 3 amide bonds. The Kier molecular flexibility index (Phi) is 75.6. The van der Waals surface area contributed by atoms with Crippen molar-refractivity contribution < 1.29 is 166 Å². The zero-order chi connectivity index (χ0) is 86.6. The normalized spacial score (nSPS) is 12.5. The second kappa shape index (κ2) is 83.1. The molecule has 2 aromatic carbocycles. The Morgan fingerprint density at radius 2 is 0.562 bits per heavy atom. The number of imide groups is 1. The standard InChI is InChI=1S/C84H144N2O35/c1-84(2,3)121-81(89)73-120-75-13-11-74(12-14-75)72-78(85-80(88)15-18-94-23-26-98-31-32-99-27-24-95-19-16-86-82(90)76-8-5-6-9-77(76)83(86)91)79(87)10-7-17-93-22-25-97-30-33-101-36-37-103-40-41-105-44-45-107-48-49-109-52-53-111-56-57-113-60-61-115-64-65-117-68-69-119-71-70-118-67-66-116-63-62-114-59-58-112-55-54-110-51-50-108-47-46-106-43-42-104-39-38-102-35-34-100-29-28-96-21-20-92-4/h5-6,8-9,11-14,78H,7,10,15-73H2,1-4H3,(H,85,88)/t78-/m0/s1. The van der Waals surface area contributed by atoms with Gasteiger partial charge in [-0.1, -0.05) is 24.3 Å². The maximum atomic E-state index is 13.6. The SMILES string of the molecule is COCCOCCOCCOCCOCCOCCOCCOCCOCCOCCOCCOCCOCCOCCOCCOCCOCCOCCOCCOCCOCCOCCOCCOCCCC(=O)[C@H](Cc1ccc(OCC(=O)OC(C)(C)C)cc1)NC(=O)CCOCCOCCOCCOCCN1C(=O)c2ccccc2C1=O. The molecule has 0 fully saturated rings. The number of nitrogens with one attached hydrogen (secondary N) is 1. The lowest BCUT2D eigenvalue weighted by atomic mass is 9.99. The first-order valence-corrected chi connectivity index (χ1v) is 42.3. The Hall–Kier alpha value is -5.13. The van der Waals surface area contributed by atoms with Gasteiger partial charge in [-0.2, -0.15) is 0 Å². The van der Waals surface area contributed by atoms with Gasteiger partial charge in [0.25, 0.3) is 11.8 Å². The van der Waals surface area contributed by atoms with Crippen LogP contribution >= 0.6 is 0 Å². The van der Waals surface area contributed by atoms with Crippen molar-refractivity contribution in [3.05, 3.63) is 65.2 Å². The summed E-state index contributed by atoms with van der Waals surface area (Å²) in [6, 6.07) is 12.9. The lowest BCUT2D eigenvalue weighted by Gasteiger charge is -2.20. The van der Waals surface area contributed by atoms with Crippen LogP contribution in [0, 0.1) is 0 Å². The summed E-state index contributed by atoms with van der Waals surface area (Å²) in [7, 11) is 1.64. The van der Waals surface area contributed by atoms with Gasteiger partial charge in [0, 0.05) is 26.6 Å². The molecule has 1 atom stereocenters. The molecule has 0 spiro atoms. The number of carbonyl (C=O) groups is 5. The molecular weight excluding hydrogens is 1600 g/mol. The van der Waals surface area contributed by atoms with Gasteiger partial charge in [-0.3, -0.25) is 24.1 Å². The van der Waals surface area contributed by atoms with E-state index in [-0.39, 0.29) is 89.0 Å². The average Bonchev–Trinajstić information content (AvgIpc) is 1.64. The minimum atomic E-state index is -0.808. The zero-order valence-corrected chi connectivity index (χ0v) is 72.6. The Bertz CT molecular complexity index is 2660. The number of ether oxygens (including phenoxy) is 30. The molecule has 37 nitrogen and oxygen atoms in total. The molecule has 3 rings (SSSR count). The van der Waals surface area contributed by atoms with E-state index >= 15 is 0 Å². The van der Waals surface area contributed by atoms with Crippen LogP contribution in [0.15, 0.2) is 48.5 Å². The fourth-order valence-electron chi connectivity index (χ4n) is 10.1. The maximum Gasteiger partial charge on any atom is 0.344 e. The Morgan fingerprint density at radius 1 is 0.314 bits per heavy atom. The van der Waals surface area contributed by atoms with Crippen LogP contribution < -0.4 is 10.1 Å². The van der Waals surface area contributed by atoms with Crippen LogP contribution in [0.4, 0.5) is 0 Å². The van der Waals surface area contributed by atoms with Gasteiger partial charge in [-0.15, -0.1) is 0 Å². The first-order valence-electron chi connectivity index (χ1n) is 42.3. The van der Waals surface area contributed by atoms with Crippen LogP contribution in [0.3, 0.4) is 0 Å². The van der Waals surface area contributed by atoms with Gasteiger partial charge in [0.05, 0.1) is 380 Å². The van der Waals surface area contributed by atoms with Gasteiger partial charge in [-0.05, 0) is 63.4 Å². The number of carbonyl (C=O) groups excluding carboxylic acids is 5. The second-order valence-corrected chi connectivity index (χ2v) is 27.0. The van der Waals surface area contributed by atoms with Gasteiger partial charge in [0.2, 0.25) is 5.91 Å². The van der Waals surface area contributed by atoms with Gasteiger partial charge in [0.15, 0.2) is 12.4 Å². The van der Waals surface area contributed by atoms with Crippen LogP contribution in [0.25, 0.3) is 0 Å². The van der Waals surface area contributed by atoms with E-state index in [0.29, 0.717) is 354 Å². The van der Waals surface area contributed by atoms with E-state index in [1.165, 1.54) is 4.90 Å². The van der Waals surface area contributed by atoms with Crippen LogP contribution in [-0.4, -0.2) is 430 Å². The molecule has 0 aliphatic carbocycles. The fraction of sp³-hybridized carbons (Fsp3) is 0.798. The molecule has 121 heavy (non-hydrogen) atoms. The fourth-order valence-corrected chi connectivity index (χ4v) is 10.1. The maximum absolute atomic E-state index is 13.6. The molecule has 0 saturated carbocycles. The number of esters is 1. The summed E-state index contributed by atoms with van der Waals surface area (Å²) in [5.41, 5.74) is 0.945. The number of fused-ring (bicyclic) bond motifs is 1. The number of hydrogen-bond donors (Lipinski definition) is 1. The van der Waals surface area contributed by atoms with Gasteiger partial charge < -0.3 is 147 Å². The number of Topliss-reactive ketones (excluding diaryl/α,β-unsaturated/α-hetero) is 1. The van der Waals surface area contributed by atoms with Crippen molar-refractivity contribution in [2.75, 3.05) is 384 Å². The third-order valence-electron chi connectivity index (χ3n) is 16.1. The van der Waals surface area contributed by atoms with Gasteiger partial charge in [0.1, 0.15) is 11.4 Å². The number of nitrogens with zero attached hydrogens (tertiary/aromatic N) is 1. The van der Waals surface area contributed by atoms with Crippen LogP contribution in [0.5, 0.6) is 5.75 Å². The van der Waals surface area contributed by atoms with E-state index < -0.39 is 17.6 Å². The molecule has 1 aliphatic rings. The molecular formula is C84H144N2O35. The Balaban J connectivity index is 0.972. The summed E-state index contributed by atoms with van der Waals surface area (Å²) >= 11 is 0. The lowest BCUT2D eigenvalue weighted by Crippen LogP contribution is -2.42. The molecule has 700 valence electrons. The first kappa shape index (κ1) is 110. The average molecular weight is 1740 g/mol. The number of ketones is 1. The number of benzene rings is 2. The molecule has 0 bridgehead atoms. The highest BCUT2D eigenvalue weighted by Crippen LogP contribution is 2.22. The third-order valence-corrected chi connectivity index (χ3v) is 16.1. The smallest absolute Gasteiger partial charge is 0.344 e. The van der Waals surface area contributed by atoms with Crippen LogP contribution in [-0.2, 0) is 158 Å². The predicted octanol–water partition coefficient (Wildman–Crippen LogP) is 3.56. The van der Waals surface area contributed by atoms with Crippen molar-refractivity contribution in [1.29, 1.82) is 0 Å². The van der Waals surface area contributed by atoms with Crippen LogP contribution in [0.1, 0.15) is 66.3 Å². The minimum absolute atomic E-state index is 0.0290. The summed E-state index contributed by atoms with van der Waals surface area (Å²) in [6.45, 7) is 29.1. The highest BCUT2D eigenvalue weighted by Gasteiger charge is 2.34. The zero-order valence-electron chi connectivity index (χ0n) is 72.6. The van der Waals surface area contributed by atoms with Gasteiger partial charge >= 0.3 is 5.97 Å². The van der Waals surface area contributed by atoms with Crippen molar-refractivity contribution in [3.8, 4) is 5.75 Å². The molecule has 1 heterocycles. The van der Waals surface area contributed by atoms with Crippen molar-refractivity contribution in [3.63, 3.8) is 0 Å². The lowest BCUT2D eigenvalue weighted by molar-refractivity contribution is -0.157. The highest BCUT2D eigenvalue weighted by atomic mass is 16.6. The topological polar surface area (TPSA) is 378 Å². The van der Waals surface area contributed by atoms with Crippen molar-refractivity contribution >= 4 is 29.5 Å².